The van der Waals surface area contributed by atoms with Crippen molar-refractivity contribution in [3.05, 3.63) is 47.5 Å². The first kappa shape index (κ1) is 18.0. The molecule has 0 N–H and O–H groups in total. The van der Waals surface area contributed by atoms with Crippen molar-refractivity contribution >= 4 is 0 Å². The summed E-state index contributed by atoms with van der Waals surface area (Å²) in [6, 6.07) is 5.07. The van der Waals surface area contributed by atoms with E-state index in [1.807, 2.05) is 18.5 Å². The molecule has 0 amide bonds. The third kappa shape index (κ3) is 4.43. The van der Waals surface area contributed by atoms with Gasteiger partial charge in [0.25, 0.3) is 0 Å². The van der Waals surface area contributed by atoms with Gasteiger partial charge in [-0.15, -0.1) is 0 Å². The lowest BCUT2D eigenvalue weighted by molar-refractivity contribution is 0.181. The van der Waals surface area contributed by atoms with Crippen molar-refractivity contribution in [2.24, 2.45) is 5.92 Å². The lowest BCUT2D eigenvalue weighted by Crippen LogP contribution is -2.13. The van der Waals surface area contributed by atoms with Gasteiger partial charge in [-0.3, -0.25) is 0 Å². The number of ether oxygens (including phenoxy) is 1. The van der Waals surface area contributed by atoms with Gasteiger partial charge in [0.15, 0.2) is 5.82 Å². The average Bonchev–Trinajstić information content (AvgIpc) is 2.65. The fourth-order valence-electron chi connectivity index (χ4n) is 3.85. The van der Waals surface area contributed by atoms with Crippen LogP contribution in [0.3, 0.4) is 0 Å². The van der Waals surface area contributed by atoms with Crippen LogP contribution in [0.25, 0.3) is 11.4 Å². The molecule has 1 fully saturated rings. The van der Waals surface area contributed by atoms with Crippen molar-refractivity contribution < 1.29 is 9.13 Å². The van der Waals surface area contributed by atoms with Gasteiger partial charge in [0, 0.05) is 30.6 Å². The highest BCUT2D eigenvalue weighted by atomic mass is 19.1. The first-order chi connectivity index (χ1) is 12.2. The summed E-state index contributed by atoms with van der Waals surface area (Å²) in [5.74, 6) is 1.77. The van der Waals surface area contributed by atoms with Crippen LogP contribution < -0.4 is 0 Å². The van der Waals surface area contributed by atoms with Crippen LogP contribution in [0.4, 0.5) is 4.39 Å². The van der Waals surface area contributed by atoms with E-state index in [0.29, 0.717) is 22.9 Å². The predicted molar refractivity (Wildman–Crippen MR) is 97.7 cm³/mol. The minimum Gasteiger partial charge on any atom is -0.380 e. The van der Waals surface area contributed by atoms with Crippen LogP contribution in [0.2, 0.25) is 0 Å². The third-order valence-corrected chi connectivity index (χ3v) is 5.30. The number of nitrogens with zero attached hydrogens (tertiary/aromatic N) is 2. The van der Waals surface area contributed by atoms with Crippen molar-refractivity contribution in [1.29, 1.82) is 0 Å². The number of hydrogen-bond donors (Lipinski definition) is 0. The normalized spacial score (nSPS) is 20.6. The topological polar surface area (TPSA) is 35.0 Å². The molecule has 1 aliphatic rings. The molecule has 0 spiro atoms. The van der Waals surface area contributed by atoms with Crippen LogP contribution in [0.1, 0.15) is 62.5 Å². The van der Waals surface area contributed by atoms with E-state index in [-0.39, 0.29) is 12.4 Å². The summed E-state index contributed by atoms with van der Waals surface area (Å²) < 4.78 is 19.0. The molecule has 25 heavy (non-hydrogen) atoms. The molecule has 1 aromatic carbocycles. The molecule has 3 rings (SSSR count). The highest BCUT2D eigenvalue weighted by molar-refractivity contribution is 5.55. The quantitative estimate of drug-likeness (QED) is 0.695. The summed E-state index contributed by atoms with van der Waals surface area (Å²) in [5.41, 5.74) is 2.47. The van der Waals surface area contributed by atoms with Gasteiger partial charge in [-0.05, 0) is 49.1 Å². The second-order valence-corrected chi connectivity index (χ2v) is 7.09. The average molecular weight is 342 g/mol. The minimum absolute atomic E-state index is 0.270. The zero-order chi connectivity index (χ0) is 17.6. The van der Waals surface area contributed by atoms with Crippen molar-refractivity contribution in [2.75, 3.05) is 7.11 Å². The zero-order valence-electron chi connectivity index (χ0n) is 15.2. The summed E-state index contributed by atoms with van der Waals surface area (Å²) in [5, 5.41) is 0. The van der Waals surface area contributed by atoms with Crippen LogP contribution in [-0.4, -0.2) is 17.1 Å². The SMILES string of the molecule is CCCC1CCC(c2cnc(-c3ccc(COC)c(F)c3)nc2)CC1. The zero-order valence-corrected chi connectivity index (χ0v) is 15.2. The standard InChI is InChI=1S/C21H27FN2O/c1-3-4-15-5-7-16(8-6-15)19-12-23-21(24-13-19)17-9-10-18(14-25-2)20(22)11-17/h9-13,15-16H,3-8,14H2,1-2H3. The molecule has 0 atom stereocenters. The number of aromatic nitrogens is 2. The Labute approximate surface area is 149 Å². The summed E-state index contributed by atoms with van der Waals surface area (Å²) >= 11 is 0. The Kier molecular flexibility index (Phi) is 6.14. The van der Waals surface area contributed by atoms with Crippen LogP contribution in [0.15, 0.2) is 30.6 Å². The van der Waals surface area contributed by atoms with Gasteiger partial charge < -0.3 is 4.74 Å². The predicted octanol–water partition coefficient (Wildman–Crippen LogP) is 5.50. The molecule has 0 radical (unpaired) electrons. The maximum Gasteiger partial charge on any atom is 0.159 e. The summed E-state index contributed by atoms with van der Waals surface area (Å²) in [6.07, 6.45) is 11.6. The Morgan fingerprint density at radius 3 is 2.44 bits per heavy atom. The van der Waals surface area contributed by atoms with Crippen LogP contribution in [0.5, 0.6) is 0 Å². The van der Waals surface area contributed by atoms with Crippen LogP contribution >= 0.6 is 0 Å². The Morgan fingerprint density at radius 2 is 1.84 bits per heavy atom. The van der Waals surface area contributed by atoms with Crippen molar-refractivity contribution in [3.63, 3.8) is 0 Å². The molecule has 1 saturated carbocycles. The molecule has 1 heterocycles. The van der Waals surface area contributed by atoms with E-state index in [4.69, 9.17) is 4.74 Å². The number of halogens is 1. The van der Waals surface area contributed by atoms with E-state index in [2.05, 4.69) is 16.9 Å². The van der Waals surface area contributed by atoms with Gasteiger partial charge in [-0.25, -0.2) is 14.4 Å². The third-order valence-electron chi connectivity index (χ3n) is 5.30. The Balaban J connectivity index is 1.67. The fraction of sp³-hybridized carbons (Fsp3) is 0.524. The number of methoxy groups -OCH3 is 1. The Morgan fingerprint density at radius 1 is 1.12 bits per heavy atom. The van der Waals surface area contributed by atoms with Crippen LogP contribution in [0, 0.1) is 11.7 Å². The van der Waals surface area contributed by atoms with Crippen LogP contribution in [-0.2, 0) is 11.3 Å². The van der Waals surface area contributed by atoms with Gasteiger partial charge in [0.2, 0.25) is 0 Å². The fourth-order valence-corrected chi connectivity index (χ4v) is 3.85. The smallest absolute Gasteiger partial charge is 0.159 e. The van der Waals surface area contributed by atoms with Crippen molar-refractivity contribution in [3.8, 4) is 11.4 Å². The van der Waals surface area contributed by atoms with Gasteiger partial charge in [0.05, 0.1) is 6.61 Å². The molecule has 1 aliphatic carbocycles. The number of hydrogen-bond acceptors (Lipinski definition) is 3. The van der Waals surface area contributed by atoms with Gasteiger partial charge in [-0.2, -0.15) is 0 Å². The lowest BCUT2D eigenvalue weighted by Gasteiger charge is -2.28. The van der Waals surface area contributed by atoms with E-state index >= 15 is 0 Å². The van der Waals surface area contributed by atoms with Gasteiger partial charge in [-0.1, -0.05) is 31.9 Å². The molecule has 0 unspecified atom stereocenters. The largest absolute Gasteiger partial charge is 0.380 e. The van der Waals surface area contributed by atoms with Crippen molar-refractivity contribution in [2.45, 2.75) is 58.0 Å². The first-order valence-electron chi connectivity index (χ1n) is 9.31. The monoisotopic (exact) mass is 342 g/mol. The maximum atomic E-state index is 14.1. The molecule has 1 aromatic heterocycles. The van der Waals surface area contributed by atoms with Gasteiger partial charge in [0.1, 0.15) is 5.82 Å². The number of rotatable bonds is 6. The highest BCUT2D eigenvalue weighted by Crippen LogP contribution is 2.37. The highest BCUT2D eigenvalue weighted by Gasteiger charge is 2.22. The Hall–Kier alpha value is -1.81. The second-order valence-electron chi connectivity index (χ2n) is 7.09. The molecule has 4 heteroatoms. The van der Waals surface area contributed by atoms with E-state index < -0.39 is 0 Å². The van der Waals surface area contributed by atoms with Gasteiger partial charge >= 0.3 is 0 Å². The van der Waals surface area contributed by atoms with E-state index in [1.54, 1.807) is 13.2 Å². The molecule has 0 saturated heterocycles. The molecular formula is C21H27FN2O. The summed E-state index contributed by atoms with van der Waals surface area (Å²) in [6.45, 7) is 2.54. The lowest BCUT2D eigenvalue weighted by atomic mass is 9.78. The van der Waals surface area contributed by atoms with E-state index in [9.17, 15) is 4.39 Å². The molecule has 0 aliphatic heterocycles. The molecule has 0 bridgehead atoms. The molecule has 134 valence electrons. The van der Waals surface area contributed by atoms with Crippen molar-refractivity contribution in [1.82, 2.24) is 9.97 Å². The Bertz CT molecular complexity index is 679. The molecular weight excluding hydrogens is 315 g/mol. The van der Waals surface area contributed by atoms with E-state index in [0.717, 1.165) is 5.92 Å². The second kappa shape index (κ2) is 8.52. The minimum atomic E-state index is -0.277. The summed E-state index contributed by atoms with van der Waals surface area (Å²) in [4.78, 5) is 8.97. The first-order valence-corrected chi connectivity index (χ1v) is 9.31. The maximum absolute atomic E-state index is 14.1. The number of benzene rings is 1. The summed E-state index contributed by atoms with van der Waals surface area (Å²) in [7, 11) is 1.56. The molecule has 3 nitrogen and oxygen atoms in total. The van der Waals surface area contributed by atoms with E-state index in [1.165, 1.54) is 50.2 Å². The molecule has 2 aromatic rings.